The van der Waals surface area contributed by atoms with Crippen LogP contribution in [-0.4, -0.2) is 66.0 Å². The molecule has 2 heterocycles. The summed E-state index contributed by atoms with van der Waals surface area (Å²) in [5.41, 5.74) is 5.65. The van der Waals surface area contributed by atoms with Crippen LogP contribution < -0.4 is 16.0 Å². The Morgan fingerprint density at radius 1 is 1.33 bits per heavy atom. The Hall–Kier alpha value is -1.91. The van der Waals surface area contributed by atoms with Crippen molar-refractivity contribution in [2.45, 2.75) is 6.42 Å². The van der Waals surface area contributed by atoms with Crippen LogP contribution in [0, 0.1) is 0 Å². The van der Waals surface area contributed by atoms with E-state index >= 15 is 0 Å². The smallest absolute Gasteiger partial charge is 0.225 e. The lowest BCUT2D eigenvalue weighted by atomic mass is 10.3. The number of aliphatic imine (C=N–C) groups is 1. The number of hydrogen-bond donors (Lipinski definition) is 2. The Bertz CT molecular complexity index is 544. The van der Waals surface area contributed by atoms with Gasteiger partial charge >= 0.3 is 0 Å². The van der Waals surface area contributed by atoms with Crippen molar-refractivity contribution in [3.8, 4) is 0 Å². The number of carbonyl (C=O) groups is 1. The lowest BCUT2D eigenvalue weighted by Gasteiger charge is -2.34. The first-order chi connectivity index (χ1) is 11.2. The standard InChI is InChI=1S/C15H23N7O.HI/c1-2-5-17-14(16)18-8-4-13(23)21-9-11-22(12-10-21)15-19-6-3-7-20-15;/h2-3,6-7H,1,4-5,8-12H2,(H3,16,17,18);1H. The van der Waals surface area contributed by atoms with Crippen molar-refractivity contribution in [2.24, 2.45) is 10.7 Å². The molecule has 132 valence electrons. The van der Waals surface area contributed by atoms with Crippen molar-refractivity contribution >= 4 is 41.8 Å². The summed E-state index contributed by atoms with van der Waals surface area (Å²) in [6.07, 6.45) is 5.51. The van der Waals surface area contributed by atoms with Gasteiger partial charge in [-0.2, -0.15) is 0 Å². The molecule has 0 aromatic carbocycles. The van der Waals surface area contributed by atoms with Gasteiger partial charge in [0.15, 0.2) is 5.96 Å². The van der Waals surface area contributed by atoms with Gasteiger partial charge in [-0.25, -0.2) is 9.97 Å². The largest absolute Gasteiger partial charge is 0.370 e. The molecule has 2 rings (SSSR count). The molecular formula is C15H24IN7O. The average molecular weight is 445 g/mol. The highest BCUT2D eigenvalue weighted by atomic mass is 127. The third-order valence-corrected chi connectivity index (χ3v) is 3.50. The van der Waals surface area contributed by atoms with Crippen molar-refractivity contribution in [3.05, 3.63) is 31.1 Å². The summed E-state index contributed by atoms with van der Waals surface area (Å²) in [4.78, 5) is 28.7. The number of anilines is 1. The van der Waals surface area contributed by atoms with Gasteiger partial charge < -0.3 is 20.9 Å². The van der Waals surface area contributed by atoms with Crippen molar-refractivity contribution < 1.29 is 4.79 Å². The van der Waals surface area contributed by atoms with E-state index in [1.54, 1.807) is 24.5 Å². The van der Waals surface area contributed by atoms with E-state index in [4.69, 9.17) is 5.73 Å². The minimum absolute atomic E-state index is 0. The molecule has 0 saturated carbocycles. The highest BCUT2D eigenvalue weighted by Crippen LogP contribution is 2.10. The number of halogens is 1. The molecule has 1 aliphatic rings. The monoisotopic (exact) mass is 445 g/mol. The van der Waals surface area contributed by atoms with Crippen LogP contribution in [0.1, 0.15) is 6.42 Å². The van der Waals surface area contributed by atoms with Gasteiger partial charge in [0.2, 0.25) is 11.9 Å². The van der Waals surface area contributed by atoms with Crippen LogP contribution in [0.2, 0.25) is 0 Å². The van der Waals surface area contributed by atoms with Gasteiger partial charge in [-0.1, -0.05) is 6.08 Å². The van der Waals surface area contributed by atoms with Crippen molar-refractivity contribution in [3.63, 3.8) is 0 Å². The number of aromatic nitrogens is 2. The lowest BCUT2D eigenvalue weighted by molar-refractivity contribution is -0.131. The molecule has 1 aromatic heterocycles. The van der Waals surface area contributed by atoms with E-state index in [-0.39, 0.29) is 29.9 Å². The Labute approximate surface area is 159 Å². The van der Waals surface area contributed by atoms with Crippen molar-refractivity contribution in [1.82, 2.24) is 20.2 Å². The van der Waals surface area contributed by atoms with E-state index in [0.717, 1.165) is 13.1 Å². The highest BCUT2D eigenvalue weighted by molar-refractivity contribution is 14.0. The first kappa shape index (κ1) is 20.1. The first-order valence-electron chi connectivity index (χ1n) is 7.65. The van der Waals surface area contributed by atoms with E-state index in [1.807, 2.05) is 4.90 Å². The van der Waals surface area contributed by atoms with E-state index < -0.39 is 0 Å². The Kier molecular flexibility index (Phi) is 9.05. The predicted molar refractivity (Wildman–Crippen MR) is 106 cm³/mol. The first-order valence-corrected chi connectivity index (χ1v) is 7.65. The molecule has 8 nitrogen and oxygen atoms in total. The second-order valence-electron chi connectivity index (χ2n) is 5.10. The maximum atomic E-state index is 12.2. The van der Waals surface area contributed by atoms with Crippen LogP contribution in [0.25, 0.3) is 0 Å². The zero-order chi connectivity index (χ0) is 16.5. The summed E-state index contributed by atoms with van der Waals surface area (Å²) in [6, 6.07) is 1.79. The summed E-state index contributed by atoms with van der Waals surface area (Å²) in [7, 11) is 0. The van der Waals surface area contributed by atoms with E-state index in [1.165, 1.54) is 0 Å². The molecule has 0 bridgehead atoms. The fourth-order valence-corrected chi connectivity index (χ4v) is 2.27. The summed E-state index contributed by atoms with van der Waals surface area (Å²) in [5.74, 6) is 1.15. The molecule has 24 heavy (non-hydrogen) atoms. The number of nitrogens with zero attached hydrogens (tertiary/aromatic N) is 5. The van der Waals surface area contributed by atoms with Crippen molar-refractivity contribution in [1.29, 1.82) is 0 Å². The van der Waals surface area contributed by atoms with Gasteiger partial charge in [0.1, 0.15) is 0 Å². The maximum absolute atomic E-state index is 12.2. The van der Waals surface area contributed by atoms with Crippen LogP contribution in [-0.2, 0) is 4.79 Å². The van der Waals surface area contributed by atoms with E-state index in [9.17, 15) is 4.79 Å². The van der Waals surface area contributed by atoms with Crippen LogP contribution in [0.4, 0.5) is 5.95 Å². The summed E-state index contributed by atoms with van der Waals surface area (Å²) in [6.45, 7) is 7.35. The van der Waals surface area contributed by atoms with Gasteiger partial charge in [0.25, 0.3) is 0 Å². The fourth-order valence-electron chi connectivity index (χ4n) is 2.27. The average Bonchev–Trinajstić information content (AvgIpc) is 2.60. The number of piperazine rings is 1. The Balaban J connectivity index is 0.00000288. The topological polar surface area (TPSA) is 99.7 Å². The highest BCUT2D eigenvalue weighted by Gasteiger charge is 2.21. The van der Waals surface area contributed by atoms with Gasteiger partial charge in [-0.05, 0) is 6.07 Å². The van der Waals surface area contributed by atoms with Crippen LogP contribution in [0.5, 0.6) is 0 Å². The molecular weight excluding hydrogens is 421 g/mol. The van der Waals surface area contributed by atoms with Crippen LogP contribution in [0.3, 0.4) is 0 Å². The molecule has 0 aliphatic carbocycles. The van der Waals surface area contributed by atoms with Gasteiger partial charge in [-0.3, -0.25) is 9.79 Å². The Morgan fingerprint density at radius 2 is 2.00 bits per heavy atom. The molecule has 0 unspecified atom stereocenters. The second kappa shape index (κ2) is 10.8. The summed E-state index contributed by atoms with van der Waals surface area (Å²) >= 11 is 0. The molecule has 0 spiro atoms. The molecule has 0 radical (unpaired) electrons. The van der Waals surface area contributed by atoms with Crippen LogP contribution in [0.15, 0.2) is 36.1 Å². The third kappa shape index (κ3) is 6.30. The number of hydrogen-bond acceptors (Lipinski definition) is 5. The SMILES string of the molecule is C=CCNC(N)=NCCC(=O)N1CCN(c2ncccn2)CC1.I. The molecule has 0 atom stereocenters. The molecule has 1 saturated heterocycles. The number of nitrogens with two attached hydrogens (primary N) is 1. The van der Waals surface area contributed by atoms with Gasteiger partial charge in [0, 0.05) is 51.5 Å². The number of guanidine groups is 1. The normalized spacial score (nSPS) is 14.8. The van der Waals surface area contributed by atoms with E-state index in [2.05, 4.69) is 31.8 Å². The molecule has 1 fully saturated rings. The zero-order valence-electron chi connectivity index (χ0n) is 13.6. The maximum Gasteiger partial charge on any atom is 0.225 e. The van der Waals surface area contributed by atoms with Gasteiger partial charge in [-0.15, -0.1) is 30.6 Å². The van der Waals surface area contributed by atoms with E-state index in [0.29, 0.717) is 44.5 Å². The molecule has 1 aliphatic heterocycles. The lowest BCUT2D eigenvalue weighted by Crippen LogP contribution is -2.49. The minimum atomic E-state index is 0. The summed E-state index contributed by atoms with van der Waals surface area (Å²) in [5, 5.41) is 2.87. The summed E-state index contributed by atoms with van der Waals surface area (Å²) < 4.78 is 0. The number of rotatable bonds is 6. The van der Waals surface area contributed by atoms with Gasteiger partial charge in [0.05, 0.1) is 6.54 Å². The third-order valence-electron chi connectivity index (χ3n) is 3.50. The molecule has 1 aromatic rings. The fraction of sp³-hybridized carbons (Fsp3) is 0.467. The van der Waals surface area contributed by atoms with Crippen LogP contribution >= 0.6 is 24.0 Å². The number of carbonyl (C=O) groups excluding carboxylic acids is 1. The minimum Gasteiger partial charge on any atom is -0.370 e. The Morgan fingerprint density at radius 3 is 2.62 bits per heavy atom. The number of amides is 1. The molecule has 9 heteroatoms. The molecule has 1 amide bonds. The molecule has 3 N–H and O–H groups in total. The quantitative estimate of drug-likeness (QED) is 0.282. The number of nitrogens with one attached hydrogen (secondary N) is 1. The second-order valence-corrected chi connectivity index (χ2v) is 5.10. The zero-order valence-corrected chi connectivity index (χ0v) is 15.9. The van der Waals surface area contributed by atoms with Crippen molar-refractivity contribution in [2.75, 3.05) is 44.2 Å². The predicted octanol–water partition coefficient (Wildman–Crippen LogP) is 0.224.